The lowest BCUT2D eigenvalue weighted by Crippen LogP contribution is -2.57. The van der Waals surface area contributed by atoms with E-state index in [0.717, 1.165) is 17.2 Å². The van der Waals surface area contributed by atoms with E-state index in [1.165, 1.54) is 77.8 Å². The van der Waals surface area contributed by atoms with E-state index in [0.29, 0.717) is 17.8 Å². The Morgan fingerprint density at radius 3 is 1.81 bits per heavy atom. The minimum Gasteiger partial charge on any atom is -0.458 e. The van der Waals surface area contributed by atoms with E-state index >= 15 is 0 Å². The molecule has 0 saturated heterocycles. The smallest absolute Gasteiger partial charge is 0.251 e. The van der Waals surface area contributed by atoms with Crippen LogP contribution in [0.4, 0.5) is 17.1 Å². The Morgan fingerprint density at radius 2 is 1.11 bits per heavy atom. The van der Waals surface area contributed by atoms with Gasteiger partial charge in [-0.2, -0.15) is 0 Å². The highest BCUT2D eigenvalue weighted by Gasteiger charge is 2.43. The van der Waals surface area contributed by atoms with Gasteiger partial charge in [0.05, 0.1) is 11.4 Å². The SMILES string of the molecule is CC(C)c1cc(C(C)C)c(B2c3ccccc3Oc3ccc(N4c5ccccc5C(C)(C)c5cc6c(cc54)C(C)(C)c4ccccc4-6)cc32)c(C(C)C)c1. The van der Waals surface area contributed by atoms with Crippen LogP contribution in [0.2, 0.25) is 0 Å². The number of benzene rings is 6. The summed E-state index contributed by atoms with van der Waals surface area (Å²) in [5, 5.41) is 0. The summed E-state index contributed by atoms with van der Waals surface area (Å²) in [6.07, 6.45) is 0. The van der Waals surface area contributed by atoms with Gasteiger partial charge in [-0.1, -0.05) is 147 Å². The number of hydrogen-bond donors (Lipinski definition) is 0. The zero-order chi connectivity index (χ0) is 37.8. The summed E-state index contributed by atoms with van der Waals surface area (Å²) in [6.45, 7) is 23.7. The summed E-state index contributed by atoms with van der Waals surface area (Å²) in [5.41, 5.74) is 19.8. The molecule has 0 aromatic heterocycles. The molecule has 9 rings (SSSR count). The average molecular weight is 706 g/mol. The van der Waals surface area contributed by atoms with Gasteiger partial charge < -0.3 is 9.64 Å². The number of fused-ring (bicyclic) bond motifs is 7. The van der Waals surface area contributed by atoms with Crippen molar-refractivity contribution in [2.45, 2.75) is 97.8 Å². The van der Waals surface area contributed by atoms with Gasteiger partial charge in [-0.25, -0.2) is 0 Å². The topological polar surface area (TPSA) is 12.5 Å². The summed E-state index contributed by atoms with van der Waals surface area (Å²) in [6, 6.07) is 43.7. The van der Waals surface area contributed by atoms with Crippen LogP contribution in [0.1, 0.15) is 126 Å². The number of hydrogen-bond acceptors (Lipinski definition) is 2. The molecule has 0 unspecified atom stereocenters. The van der Waals surface area contributed by atoms with E-state index in [2.05, 4.69) is 189 Å². The highest BCUT2D eigenvalue weighted by molar-refractivity contribution is 6.97. The second-order valence-electron chi connectivity index (χ2n) is 17.9. The van der Waals surface area contributed by atoms with E-state index in [4.69, 9.17) is 4.74 Å². The summed E-state index contributed by atoms with van der Waals surface area (Å²) in [4.78, 5) is 2.54. The number of para-hydroxylation sites is 2. The van der Waals surface area contributed by atoms with E-state index in [9.17, 15) is 0 Å². The maximum absolute atomic E-state index is 6.81. The van der Waals surface area contributed by atoms with Crippen LogP contribution >= 0.6 is 0 Å². The molecule has 0 atom stereocenters. The Labute approximate surface area is 323 Å². The molecule has 270 valence electrons. The second kappa shape index (κ2) is 12.3. The van der Waals surface area contributed by atoms with Gasteiger partial charge in [0.25, 0.3) is 6.71 Å². The third-order valence-electron chi connectivity index (χ3n) is 12.9. The number of nitrogens with zero attached hydrogens (tertiary/aromatic N) is 1. The maximum atomic E-state index is 6.81. The van der Waals surface area contributed by atoms with Crippen LogP contribution in [0.5, 0.6) is 11.5 Å². The highest BCUT2D eigenvalue weighted by Crippen LogP contribution is 2.57. The standard InChI is InChI=1S/C51H52BNO/c1-30(2)33-25-36(31(3)4)49(37(26-33)32(5)6)52-43-20-14-16-22-47(43)54-48-24-23-34(27-44(48)52)53-45-21-15-13-19-40(45)51(9,10)42-28-38-35-17-11-12-18-39(35)50(7,8)41(38)29-46(42)53/h11-32H,1-10H3. The largest absolute Gasteiger partial charge is 0.458 e. The summed E-state index contributed by atoms with van der Waals surface area (Å²) in [7, 11) is 0. The van der Waals surface area contributed by atoms with Crippen molar-refractivity contribution in [1.29, 1.82) is 0 Å². The van der Waals surface area contributed by atoms with Gasteiger partial charge in [0.2, 0.25) is 0 Å². The molecule has 0 fully saturated rings. The maximum Gasteiger partial charge on any atom is 0.251 e. The Morgan fingerprint density at radius 1 is 0.500 bits per heavy atom. The van der Waals surface area contributed by atoms with E-state index in [1.54, 1.807) is 0 Å². The lowest BCUT2D eigenvalue weighted by atomic mass is 9.34. The molecule has 0 radical (unpaired) electrons. The Bertz CT molecular complexity index is 2450. The molecule has 2 aliphatic heterocycles. The lowest BCUT2D eigenvalue weighted by Gasteiger charge is -2.43. The third-order valence-corrected chi connectivity index (χ3v) is 12.9. The quantitative estimate of drug-likeness (QED) is 0.165. The minimum atomic E-state index is -0.186. The van der Waals surface area contributed by atoms with Gasteiger partial charge in [-0.05, 0) is 121 Å². The molecule has 0 saturated carbocycles. The molecule has 3 heteroatoms. The molecule has 3 aliphatic rings. The van der Waals surface area contributed by atoms with Crippen molar-refractivity contribution in [3.05, 3.63) is 154 Å². The fourth-order valence-corrected chi connectivity index (χ4v) is 9.92. The van der Waals surface area contributed by atoms with E-state index in [1.807, 2.05) is 0 Å². The van der Waals surface area contributed by atoms with E-state index in [-0.39, 0.29) is 17.5 Å². The molecule has 2 heterocycles. The molecule has 0 N–H and O–H groups in total. The third kappa shape index (κ3) is 5.00. The molecule has 6 aromatic rings. The van der Waals surface area contributed by atoms with Crippen LogP contribution in [-0.4, -0.2) is 6.71 Å². The van der Waals surface area contributed by atoms with Crippen LogP contribution in [0.15, 0.2) is 115 Å². The molecular weight excluding hydrogens is 653 g/mol. The van der Waals surface area contributed by atoms with Crippen LogP contribution in [0.25, 0.3) is 11.1 Å². The molecule has 54 heavy (non-hydrogen) atoms. The minimum absolute atomic E-state index is 0.0327. The van der Waals surface area contributed by atoms with Gasteiger partial charge >= 0.3 is 0 Å². The Hall–Kier alpha value is -5.02. The van der Waals surface area contributed by atoms with Crippen molar-refractivity contribution >= 4 is 40.2 Å². The Kier molecular flexibility index (Phi) is 7.88. The first kappa shape index (κ1) is 34.7. The van der Waals surface area contributed by atoms with Crippen molar-refractivity contribution in [3.8, 4) is 22.6 Å². The van der Waals surface area contributed by atoms with Crippen molar-refractivity contribution in [1.82, 2.24) is 0 Å². The Balaban J connectivity index is 1.31. The summed E-state index contributed by atoms with van der Waals surface area (Å²) < 4.78 is 6.81. The summed E-state index contributed by atoms with van der Waals surface area (Å²) >= 11 is 0. The van der Waals surface area contributed by atoms with Gasteiger partial charge in [0.15, 0.2) is 0 Å². The normalized spacial score (nSPS) is 15.7. The average Bonchev–Trinajstić information content (AvgIpc) is 3.38. The van der Waals surface area contributed by atoms with E-state index < -0.39 is 0 Å². The summed E-state index contributed by atoms with van der Waals surface area (Å²) in [5.74, 6) is 3.09. The first-order valence-corrected chi connectivity index (χ1v) is 20.1. The fraction of sp³-hybridized carbons (Fsp3) is 0.294. The van der Waals surface area contributed by atoms with Gasteiger partial charge in [-0.3, -0.25) is 0 Å². The van der Waals surface area contributed by atoms with Crippen molar-refractivity contribution in [3.63, 3.8) is 0 Å². The predicted molar refractivity (Wildman–Crippen MR) is 231 cm³/mol. The molecule has 6 aromatic carbocycles. The molecule has 2 nitrogen and oxygen atoms in total. The highest BCUT2D eigenvalue weighted by atomic mass is 16.5. The first-order chi connectivity index (χ1) is 25.8. The zero-order valence-corrected chi connectivity index (χ0v) is 33.6. The van der Waals surface area contributed by atoms with Gasteiger partial charge in [-0.15, -0.1) is 0 Å². The van der Waals surface area contributed by atoms with Crippen LogP contribution in [0, 0.1) is 0 Å². The van der Waals surface area contributed by atoms with Crippen LogP contribution in [-0.2, 0) is 10.8 Å². The molecular formula is C51H52BNO. The van der Waals surface area contributed by atoms with Crippen LogP contribution < -0.4 is 26.0 Å². The monoisotopic (exact) mass is 705 g/mol. The van der Waals surface area contributed by atoms with Crippen molar-refractivity contribution in [2.24, 2.45) is 0 Å². The van der Waals surface area contributed by atoms with Crippen LogP contribution in [0.3, 0.4) is 0 Å². The lowest BCUT2D eigenvalue weighted by molar-refractivity contribution is 0.487. The predicted octanol–water partition coefficient (Wildman–Crippen LogP) is 12.1. The molecule has 0 bridgehead atoms. The molecule has 0 amide bonds. The van der Waals surface area contributed by atoms with Gasteiger partial charge in [0, 0.05) is 16.5 Å². The number of rotatable bonds is 5. The number of ether oxygens (including phenoxy) is 1. The van der Waals surface area contributed by atoms with Crippen molar-refractivity contribution < 1.29 is 4.74 Å². The van der Waals surface area contributed by atoms with Crippen molar-refractivity contribution in [2.75, 3.05) is 4.90 Å². The fourth-order valence-electron chi connectivity index (χ4n) is 9.92. The second-order valence-corrected chi connectivity index (χ2v) is 17.9. The first-order valence-electron chi connectivity index (χ1n) is 20.1. The number of anilines is 3. The van der Waals surface area contributed by atoms with Gasteiger partial charge in [0.1, 0.15) is 11.5 Å². The zero-order valence-electron chi connectivity index (χ0n) is 33.6. The molecule has 0 spiro atoms. The molecule has 1 aliphatic carbocycles.